The molecule has 2 rings (SSSR count). The van der Waals surface area contributed by atoms with Gasteiger partial charge in [-0.1, -0.05) is 60.8 Å². The van der Waals surface area contributed by atoms with Crippen LogP contribution in [0, 0.1) is 0 Å². The van der Waals surface area contributed by atoms with Gasteiger partial charge in [-0.2, -0.15) is 10.2 Å². The summed E-state index contributed by atoms with van der Waals surface area (Å²) < 4.78 is 0. The molecular formula is C16H14N2. The van der Waals surface area contributed by atoms with Gasteiger partial charge in [-0.25, -0.2) is 0 Å². The molecule has 0 saturated carbocycles. The Labute approximate surface area is 107 Å². The highest BCUT2D eigenvalue weighted by Crippen LogP contribution is 2.09. The van der Waals surface area contributed by atoms with E-state index in [0.29, 0.717) is 0 Å². The Balaban J connectivity index is 2.10. The lowest BCUT2D eigenvalue weighted by Gasteiger charge is -1.94. The zero-order chi connectivity index (χ0) is 12.5. The van der Waals surface area contributed by atoms with Crippen molar-refractivity contribution >= 4 is 0 Å². The normalized spacial score (nSPS) is 18.2. The second-order valence-electron chi connectivity index (χ2n) is 3.64. The molecule has 2 nitrogen and oxygen atoms in total. The summed E-state index contributed by atoms with van der Waals surface area (Å²) >= 11 is 0. The molecule has 0 amide bonds. The predicted molar refractivity (Wildman–Crippen MR) is 75.9 cm³/mol. The van der Waals surface area contributed by atoms with Crippen molar-refractivity contribution in [1.29, 1.82) is 0 Å². The largest absolute Gasteiger partial charge is 0.151 e. The fourth-order valence-corrected chi connectivity index (χ4v) is 1.36. The van der Waals surface area contributed by atoms with E-state index < -0.39 is 0 Å². The van der Waals surface area contributed by atoms with Crippen LogP contribution in [0.3, 0.4) is 0 Å². The number of allylic oxidation sites excluding steroid dienone is 14. The Morgan fingerprint density at radius 3 is 1.33 bits per heavy atom. The fraction of sp³-hybridized carbons (Fsp3) is 0. The molecule has 2 heteroatoms. The maximum atomic E-state index is 4.22. The van der Waals surface area contributed by atoms with Gasteiger partial charge >= 0.3 is 0 Å². The maximum Gasteiger partial charge on any atom is 0.0857 e. The molecule has 0 spiro atoms. The van der Waals surface area contributed by atoms with Crippen LogP contribution in [-0.4, -0.2) is 0 Å². The van der Waals surface area contributed by atoms with Crippen LogP contribution in [0.1, 0.15) is 0 Å². The smallest absolute Gasteiger partial charge is 0.0857 e. The van der Waals surface area contributed by atoms with Crippen LogP contribution < -0.4 is 0 Å². The van der Waals surface area contributed by atoms with Gasteiger partial charge in [0.15, 0.2) is 0 Å². The van der Waals surface area contributed by atoms with Crippen LogP contribution in [0.4, 0.5) is 0 Å². The quantitative estimate of drug-likeness (QED) is 0.625. The van der Waals surface area contributed by atoms with Gasteiger partial charge < -0.3 is 0 Å². The monoisotopic (exact) mass is 234 g/mol. The summed E-state index contributed by atoms with van der Waals surface area (Å²) in [7, 11) is 0. The van der Waals surface area contributed by atoms with Gasteiger partial charge in [-0.05, 0) is 24.3 Å². The molecule has 88 valence electrons. The standard InChI is InChI=1S/C16H14N2/c1-3-7-11-15(12-8-4-1)17-18-16-13-9-5-2-6-10-14-16/h1-14H. The van der Waals surface area contributed by atoms with Gasteiger partial charge in [0.1, 0.15) is 0 Å². The third kappa shape index (κ3) is 4.18. The molecular weight excluding hydrogens is 220 g/mol. The molecule has 0 bridgehead atoms. The Bertz CT molecular complexity index is 498. The van der Waals surface area contributed by atoms with E-state index in [1.807, 2.05) is 85.1 Å². The van der Waals surface area contributed by atoms with E-state index in [9.17, 15) is 0 Å². The van der Waals surface area contributed by atoms with E-state index in [0.717, 1.165) is 11.4 Å². The van der Waals surface area contributed by atoms with Crippen molar-refractivity contribution in [2.24, 2.45) is 10.2 Å². The summed E-state index contributed by atoms with van der Waals surface area (Å²) in [4.78, 5) is 0. The van der Waals surface area contributed by atoms with Crippen molar-refractivity contribution in [3.63, 3.8) is 0 Å². The lowest BCUT2D eigenvalue weighted by Crippen LogP contribution is -1.75. The minimum atomic E-state index is 0.825. The van der Waals surface area contributed by atoms with Gasteiger partial charge in [-0.3, -0.25) is 0 Å². The van der Waals surface area contributed by atoms with Gasteiger partial charge in [0.05, 0.1) is 11.4 Å². The number of azo groups is 1. The Hall–Kier alpha value is -2.48. The van der Waals surface area contributed by atoms with Crippen LogP contribution in [0.2, 0.25) is 0 Å². The SMILES string of the molecule is C1=CC=CC(N=NC2=CC=CC=CC=C2)=CC=C1. The maximum absolute atomic E-state index is 4.22. The zero-order valence-corrected chi connectivity index (χ0v) is 9.98. The van der Waals surface area contributed by atoms with E-state index in [4.69, 9.17) is 0 Å². The molecule has 0 fully saturated rings. The number of hydrogen-bond acceptors (Lipinski definition) is 2. The Morgan fingerprint density at radius 1 is 0.444 bits per heavy atom. The van der Waals surface area contributed by atoms with Crippen molar-refractivity contribution < 1.29 is 0 Å². The molecule has 0 atom stereocenters. The topological polar surface area (TPSA) is 24.7 Å². The molecule has 0 saturated heterocycles. The molecule has 0 aromatic heterocycles. The highest BCUT2D eigenvalue weighted by atomic mass is 15.1. The van der Waals surface area contributed by atoms with Crippen LogP contribution >= 0.6 is 0 Å². The second-order valence-corrected chi connectivity index (χ2v) is 3.64. The van der Waals surface area contributed by atoms with Crippen molar-refractivity contribution in [3.05, 3.63) is 96.5 Å². The van der Waals surface area contributed by atoms with Gasteiger partial charge in [-0.15, -0.1) is 0 Å². The highest BCUT2D eigenvalue weighted by molar-refractivity contribution is 5.32. The van der Waals surface area contributed by atoms with Gasteiger partial charge in [0.2, 0.25) is 0 Å². The predicted octanol–water partition coefficient (Wildman–Crippen LogP) is 4.57. The van der Waals surface area contributed by atoms with Gasteiger partial charge in [0, 0.05) is 0 Å². The lowest BCUT2D eigenvalue weighted by molar-refractivity contribution is 1.12. The van der Waals surface area contributed by atoms with Crippen LogP contribution in [-0.2, 0) is 0 Å². The highest BCUT2D eigenvalue weighted by Gasteiger charge is 1.90. The third-order valence-corrected chi connectivity index (χ3v) is 2.24. The zero-order valence-electron chi connectivity index (χ0n) is 9.98. The summed E-state index contributed by atoms with van der Waals surface area (Å²) in [6, 6.07) is 0. The van der Waals surface area contributed by atoms with E-state index >= 15 is 0 Å². The minimum Gasteiger partial charge on any atom is -0.151 e. The molecule has 0 aromatic carbocycles. The second kappa shape index (κ2) is 6.97. The summed E-state index contributed by atoms with van der Waals surface area (Å²) in [5.41, 5.74) is 1.65. The average Bonchev–Trinajstić information content (AvgIpc) is 2.29. The van der Waals surface area contributed by atoms with Crippen LogP contribution in [0.15, 0.2) is 107 Å². The first-order chi connectivity index (χ1) is 8.95. The van der Waals surface area contributed by atoms with Gasteiger partial charge in [0.25, 0.3) is 0 Å². The van der Waals surface area contributed by atoms with E-state index in [1.165, 1.54) is 0 Å². The molecule has 0 radical (unpaired) electrons. The first-order valence-corrected chi connectivity index (χ1v) is 5.80. The fourth-order valence-electron chi connectivity index (χ4n) is 1.36. The third-order valence-electron chi connectivity index (χ3n) is 2.24. The van der Waals surface area contributed by atoms with E-state index in [2.05, 4.69) is 10.2 Å². The minimum absolute atomic E-state index is 0.825. The molecule has 2 aliphatic rings. The van der Waals surface area contributed by atoms with Crippen molar-refractivity contribution in [2.45, 2.75) is 0 Å². The van der Waals surface area contributed by atoms with Crippen molar-refractivity contribution in [2.75, 3.05) is 0 Å². The molecule has 0 aromatic rings. The number of nitrogens with zero attached hydrogens (tertiary/aromatic N) is 2. The molecule has 0 aliphatic heterocycles. The van der Waals surface area contributed by atoms with Crippen LogP contribution in [0.25, 0.3) is 0 Å². The Kier molecular flexibility index (Phi) is 4.64. The van der Waals surface area contributed by atoms with Crippen molar-refractivity contribution in [1.82, 2.24) is 0 Å². The summed E-state index contributed by atoms with van der Waals surface area (Å²) in [6.07, 6.45) is 27.2. The lowest BCUT2D eigenvalue weighted by atomic mass is 10.3. The van der Waals surface area contributed by atoms with Crippen LogP contribution in [0.5, 0.6) is 0 Å². The molecule has 18 heavy (non-hydrogen) atoms. The van der Waals surface area contributed by atoms with E-state index in [1.54, 1.807) is 0 Å². The summed E-state index contributed by atoms with van der Waals surface area (Å²) in [5.74, 6) is 0. The first kappa shape index (κ1) is 12.0. The first-order valence-electron chi connectivity index (χ1n) is 5.80. The van der Waals surface area contributed by atoms with Crippen molar-refractivity contribution in [3.8, 4) is 0 Å². The Morgan fingerprint density at radius 2 is 0.833 bits per heavy atom. The molecule has 0 unspecified atom stereocenters. The number of rotatable bonds is 2. The molecule has 2 aliphatic carbocycles. The summed E-state index contributed by atoms with van der Waals surface area (Å²) in [6.45, 7) is 0. The number of hydrogen-bond donors (Lipinski definition) is 0. The average molecular weight is 234 g/mol. The molecule has 0 N–H and O–H groups in total. The summed E-state index contributed by atoms with van der Waals surface area (Å²) in [5, 5.41) is 8.43. The van der Waals surface area contributed by atoms with E-state index in [-0.39, 0.29) is 0 Å². The molecule has 0 heterocycles.